The van der Waals surface area contributed by atoms with Crippen molar-refractivity contribution in [3.63, 3.8) is 0 Å². The number of thiazole rings is 1. The predicted octanol–water partition coefficient (Wildman–Crippen LogP) is 4.79. The van der Waals surface area contributed by atoms with Crippen LogP contribution in [-0.4, -0.2) is 22.3 Å². The second-order valence-electron chi connectivity index (χ2n) is 7.14. The third-order valence-corrected chi connectivity index (χ3v) is 5.92. The van der Waals surface area contributed by atoms with Crippen molar-refractivity contribution in [1.82, 2.24) is 9.88 Å². The molecule has 1 saturated heterocycles. The lowest BCUT2D eigenvalue weighted by Crippen LogP contribution is -2.27. The van der Waals surface area contributed by atoms with Crippen LogP contribution in [-0.2, 0) is 11.3 Å². The number of anilines is 1. The maximum absolute atomic E-state index is 13.4. The molecular weight excluding hydrogens is 373 g/mol. The van der Waals surface area contributed by atoms with Crippen molar-refractivity contribution in [3.05, 3.63) is 82.1 Å². The molecule has 0 saturated carbocycles. The Kier molecular flexibility index (Phi) is 5.50. The van der Waals surface area contributed by atoms with Crippen LogP contribution >= 0.6 is 11.3 Å². The standard InChI is InChI=1S/C22H22FN3OS/c1-15-24-20(14-28-15)13-26-12-17(22(27)25-19-5-3-2-4-6-19)11-21(26)16-7-9-18(23)10-8-16/h2-10,14,17,21H,11-13H2,1H3,(H,25,27)/t17-,21-/m1/s1. The highest BCUT2D eigenvalue weighted by Crippen LogP contribution is 2.37. The number of halogens is 1. The summed E-state index contributed by atoms with van der Waals surface area (Å²) in [7, 11) is 0. The van der Waals surface area contributed by atoms with Gasteiger partial charge in [-0.25, -0.2) is 9.37 Å². The lowest BCUT2D eigenvalue weighted by Gasteiger charge is -2.23. The Balaban J connectivity index is 1.53. The first-order chi connectivity index (χ1) is 13.6. The Bertz CT molecular complexity index is 942. The van der Waals surface area contributed by atoms with E-state index >= 15 is 0 Å². The van der Waals surface area contributed by atoms with Gasteiger partial charge in [-0.3, -0.25) is 9.69 Å². The van der Waals surface area contributed by atoms with E-state index in [1.165, 1.54) is 12.1 Å². The minimum Gasteiger partial charge on any atom is -0.326 e. The molecule has 2 aromatic carbocycles. The molecule has 0 aliphatic carbocycles. The molecule has 28 heavy (non-hydrogen) atoms. The van der Waals surface area contributed by atoms with Crippen molar-refractivity contribution in [1.29, 1.82) is 0 Å². The van der Waals surface area contributed by atoms with Gasteiger partial charge in [0.05, 0.1) is 16.6 Å². The van der Waals surface area contributed by atoms with Gasteiger partial charge in [-0.15, -0.1) is 11.3 Å². The third kappa shape index (κ3) is 4.29. The number of nitrogens with zero attached hydrogens (tertiary/aromatic N) is 2. The summed E-state index contributed by atoms with van der Waals surface area (Å²) in [5.41, 5.74) is 2.85. The van der Waals surface area contributed by atoms with E-state index in [2.05, 4.69) is 20.6 Å². The number of aryl methyl sites for hydroxylation is 1. The molecule has 144 valence electrons. The molecule has 2 atom stereocenters. The van der Waals surface area contributed by atoms with E-state index in [0.717, 1.165) is 22.0 Å². The van der Waals surface area contributed by atoms with Crippen molar-refractivity contribution < 1.29 is 9.18 Å². The fourth-order valence-electron chi connectivity index (χ4n) is 3.75. The Labute approximate surface area is 168 Å². The normalized spacial score (nSPS) is 19.6. The van der Waals surface area contributed by atoms with E-state index in [0.29, 0.717) is 19.5 Å². The quantitative estimate of drug-likeness (QED) is 0.675. The van der Waals surface area contributed by atoms with Crippen LogP contribution in [0.15, 0.2) is 60.0 Å². The first-order valence-electron chi connectivity index (χ1n) is 9.35. The SMILES string of the molecule is Cc1nc(CN2C[C@H](C(=O)Nc3ccccc3)C[C@@H]2c2ccc(F)cc2)cs1. The summed E-state index contributed by atoms with van der Waals surface area (Å²) in [6.45, 7) is 3.32. The molecular formula is C22H22FN3OS. The molecule has 6 heteroatoms. The van der Waals surface area contributed by atoms with Crippen molar-refractivity contribution >= 4 is 22.9 Å². The fourth-order valence-corrected chi connectivity index (χ4v) is 4.36. The zero-order valence-electron chi connectivity index (χ0n) is 15.6. The monoisotopic (exact) mass is 395 g/mol. The summed E-state index contributed by atoms with van der Waals surface area (Å²) in [6, 6.07) is 16.2. The number of aromatic nitrogens is 1. The van der Waals surface area contributed by atoms with Crippen LogP contribution in [0, 0.1) is 18.7 Å². The summed E-state index contributed by atoms with van der Waals surface area (Å²) < 4.78 is 13.4. The van der Waals surface area contributed by atoms with Crippen LogP contribution < -0.4 is 5.32 Å². The van der Waals surface area contributed by atoms with Crippen LogP contribution in [0.5, 0.6) is 0 Å². The lowest BCUT2D eigenvalue weighted by molar-refractivity contribution is -0.119. The molecule has 1 aliphatic rings. The minimum atomic E-state index is -0.248. The van der Waals surface area contributed by atoms with Gasteiger partial charge in [-0.1, -0.05) is 30.3 Å². The fraction of sp³-hybridized carbons (Fsp3) is 0.273. The highest BCUT2D eigenvalue weighted by atomic mass is 32.1. The molecule has 1 aliphatic heterocycles. The third-order valence-electron chi connectivity index (χ3n) is 5.10. The molecule has 0 spiro atoms. The number of rotatable bonds is 5. The first-order valence-corrected chi connectivity index (χ1v) is 10.2. The Morgan fingerprint density at radius 3 is 2.64 bits per heavy atom. The van der Waals surface area contributed by atoms with Crippen molar-refractivity contribution in [2.24, 2.45) is 5.92 Å². The number of benzene rings is 2. The average molecular weight is 396 g/mol. The predicted molar refractivity (Wildman–Crippen MR) is 110 cm³/mol. The van der Waals surface area contributed by atoms with Crippen molar-refractivity contribution in [2.45, 2.75) is 25.9 Å². The van der Waals surface area contributed by atoms with Crippen LogP contribution in [0.3, 0.4) is 0 Å². The Morgan fingerprint density at radius 1 is 1.21 bits per heavy atom. The van der Waals surface area contributed by atoms with Gasteiger partial charge in [0.1, 0.15) is 5.82 Å². The van der Waals surface area contributed by atoms with Crippen LogP contribution in [0.1, 0.15) is 28.7 Å². The van der Waals surface area contributed by atoms with E-state index in [-0.39, 0.29) is 23.7 Å². The Morgan fingerprint density at radius 2 is 1.96 bits per heavy atom. The van der Waals surface area contributed by atoms with Gasteiger partial charge in [-0.2, -0.15) is 0 Å². The van der Waals surface area contributed by atoms with Gasteiger partial charge >= 0.3 is 0 Å². The first kappa shape index (κ1) is 18.8. The Hall–Kier alpha value is -2.57. The number of likely N-dealkylation sites (tertiary alicyclic amines) is 1. The van der Waals surface area contributed by atoms with E-state index in [1.54, 1.807) is 11.3 Å². The molecule has 4 rings (SSSR count). The van der Waals surface area contributed by atoms with Crippen molar-refractivity contribution in [3.8, 4) is 0 Å². The molecule has 2 heterocycles. The highest BCUT2D eigenvalue weighted by molar-refractivity contribution is 7.09. The van der Waals surface area contributed by atoms with Crippen LogP contribution in [0.4, 0.5) is 10.1 Å². The molecule has 1 N–H and O–H groups in total. The minimum absolute atomic E-state index is 0.0234. The zero-order chi connectivity index (χ0) is 19.5. The van der Waals surface area contributed by atoms with Gasteiger partial charge in [0.2, 0.25) is 5.91 Å². The van der Waals surface area contributed by atoms with E-state index < -0.39 is 0 Å². The molecule has 0 bridgehead atoms. The molecule has 0 unspecified atom stereocenters. The second-order valence-corrected chi connectivity index (χ2v) is 8.20. The number of carbonyl (C=O) groups is 1. The van der Waals surface area contributed by atoms with Crippen LogP contribution in [0.25, 0.3) is 0 Å². The molecule has 4 nitrogen and oxygen atoms in total. The number of amides is 1. The van der Waals surface area contributed by atoms with Gasteiger partial charge in [0.25, 0.3) is 0 Å². The number of hydrogen-bond donors (Lipinski definition) is 1. The van der Waals surface area contributed by atoms with E-state index in [9.17, 15) is 9.18 Å². The van der Waals surface area contributed by atoms with Crippen LogP contribution in [0.2, 0.25) is 0 Å². The van der Waals surface area contributed by atoms with Gasteiger partial charge in [0, 0.05) is 30.2 Å². The maximum atomic E-state index is 13.4. The molecule has 1 amide bonds. The summed E-state index contributed by atoms with van der Waals surface area (Å²) >= 11 is 1.63. The summed E-state index contributed by atoms with van der Waals surface area (Å²) in [5, 5.41) is 6.11. The lowest BCUT2D eigenvalue weighted by atomic mass is 9.99. The summed E-state index contributed by atoms with van der Waals surface area (Å²) in [6.07, 6.45) is 0.702. The van der Waals surface area contributed by atoms with E-state index in [4.69, 9.17) is 0 Å². The van der Waals surface area contributed by atoms with E-state index in [1.807, 2.05) is 49.4 Å². The molecule has 0 radical (unpaired) electrons. The smallest absolute Gasteiger partial charge is 0.228 e. The number of carbonyl (C=O) groups excluding carboxylic acids is 1. The number of hydrogen-bond acceptors (Lipinski definition) is 4. The summed E-state index contributed by atoms with van der Waals surface area (Å²) in [4.78, 5) is 19.7. The molecule has 1 fully saturated rings. The highest BCUT2D eigenvalue weighted by Gasteiger charge is 2.37. The van der Waals surface area contributed by atoms with Gasteiger partial charge in [-0.05, 0) is 43.2 Å². The second kappa shape index (κ2) is 8.20. The summed E-state index contributed by atoms with van der Waals surface area (Å²) in [5.74, 6) is -0.355. The maximum Gasteiger partial charge on any atom is 0.228 e. The van der Waals surface area contributed by atoms with Crippen molar-refractivity contribution in [2.75, 3.05) is 11.9 Å². The average Bonchev–Trinajstić information content (AvgIpc) is 3.30. The number of nitrogens with one attached hydrogen (secondary N) is 1. The van der Waals surface area contributed by atoms with Gasteiger partial charge < -0.3 is 5.32 Å². The zero-order valence-corrected chi connectivity index (χ0v) is 16.5. The van der Waals surface area contributed by atoms with Gasteiger partial charge in [0.15, 0.2) is 0 Å². The topological polar surface area (TPSA) is 45.2 Å². The molecule has 1 aromatic heterocycles. The largest absolute Gasteiger partial charge is 0.326 e. The molecule has 3 aromatic rings. The number of para-hydroxylation sites is 1.